The quantitative estimate of drug-likeness (QED) is 0.664. The molecule has 0 spiro atoms. The van der Waals surface area contributed by atoms with E-state index in [1.807, 2.05) is 40.7 Å². The molecule has 0 aliphatic carbocycles. The minimum Gasteiger partial charge on any atom is -0.497 e. The highest BCUT2D eigenvalue weighted by atomic mass is 16.5. The summed E-state index contributed by atoms with van der Waals surface area (Å²) in [5.41, 5.74) is 0.466. The Labute approximate surface area is 177 Å². The van der Waals surface area contributed by atoms with E-state index in [1.165, 1.54) is 6.07 Å². The van der Waals surface area contributed by atoms with Gasteiger partial charge < -0.3 is 23.7 Å². The SMILES string of the molecule is COc1ccc(OCCn2ccc(=O)c(OCC(=O)N3CCCCCC3)c2C)cc1. The number of hydrogen-bond donors (Lipinski definition) is 0. The van der Waals surface area contributed by atoms with E-state index in [0.717, 1.165) is 50.3 Å². The van der Waals surface area contributed by atoms with Crippen molar-refractivity contribution in [2.24, 2.45) is 0 Å². The number of carbonyl (C=O) groups is 1. The molecule has 1 aliphatic heterocycles. The number of amides is 1. The molecule has 1 aromatic carbocycles. The van der Waals surface area contributed by atoms with Crippen molar-refractivity contribution in [3.8, 4) is 17.2 Å². The highest BCUT2D eigenvalue weighted by molar-refractivity contribution is 5.77. The predicted molar refractivity (Wildman–Crippen MR) is 114 cm³/mol. The van der Waals surface area contributed by atoms with Gasteiger partial charge in [0.25, 0.3) is 5.91 Å². The molecular weight excluding hydrogens is 384 g/mol. The van der Waals surface area contributed by atoms with Crippen LogP contribution in [-0.4, -0.2) is 48.8 Å². The highest BCUT2D eigenvalue weighted by Crippen LogP contribution is 2.18. The molecule has 0 saturated carbocycles. The Balaban J connectivity index is 1.57. The number of hydrogen-bond acceptors (Lipinski definition) is 5. The summed E-state index contributed by atoms with van der Waals surface area (Å²) in [7, 11) is 1.62. The fourth-order valence-electron chi connectivity index (χ4n) is 3.55. The molecule has 0 atom stereocenters. The van der Waals surface area contributed by atoms with Crippen LogP contribution in [0, 0.1) is 6.92 Å². The topological polar surface area (TPSA) is 70.0 Å². The van der Waals surface area contributed by atoms with E-state index in [0.29, 0.717) is 18.8 Å². The third-order valence-corrected chi connectivity index (χ3v) is 5.35. The Morgan fingerprint density at radius 2 is 1.63 bits per heavy atom. The summed E-state index contributed by atoms with van der Waals surface area (Å²) >= 11 is 0. The van der Waals surface area contributed by atoms with Crippen LogP contribution in [0.3, 0.4) is 0 Å². The van der Waals surface area contributed by atoms with Crippen LogP contribution in [0.4, 0.5) is 0 Å². The van der Waals surface area contributed by atoms with E-state index in [4.69, 9.17) is 14.2 Å². The predicted octanol–water partition coefficient (Wildman–Crippen LogP) is 3.03. The number of benzene rings is 1. The van der Waals surface area contributed by atoms with Crippen molar-refractivity contribution in [2.45, 2.75) is 39.2 Å². The molecule has 1 aliphatic rings. The van der Waals surface area contributed by atoms with Crippen LogP contribution in [0.5, 0.6) is 17.2 Å². The van der Waals surface area contributed by atoms with Gasteiger partial charge >= 0.3 is 0 Å². The number of pyridine rings is 1. The molecule has 30 heavy (non-hydrogen) atoms. The lowest BCUT2D eigenvalue weighted by Crippen LogP contribution is -2.36. The zero-order valence-electron chi connectivity index (χ0n) is 17.8. The van der Waals surface area contributed by atoms with Gasteiger partial charge in [-0.1, -0.05) is 12.8 Å². The second kappa shape index (κ2) is 10.7. The summed E-state index contributed by atoms with van der Waals surface area (Å²) in [6, 6.07) is 8.84. The van der Waals surface area contributed by atoms with Crippen LogP contribution in [0.1, 0.15) is 31.4 Å². The number of likely N-dealkylation sites (tertiary alicyclic amines) is 1. The fraction of sp³-hybridized carbons (Fsp3) is 0.478. The maximum absolute atomic E-state index is 12.5. The van der Waals surface area contributed by atoms with Gasteiger partial charge in [-0.05, 0) is 44.0 Å². The summed E-state index contributed by atoms with van der Waals surface area (Å²) in [6.07, 6.45) is 6.09. The van der Waals surface area contributed by atoms with Gasteiger partial charge in [0.05, 0.1) is 19.3 Å². The molecule has 7 heteroatoms. The van der Waals surface area contributed by atoms with E-state index in [9.17, 15) is 9.59 Å². The maximum atomic E-state index is 12.5. The van der Waals surface area contributed by atoms with Gasteiger partial charge in [-0.2, -0.15) is 0 Å². The monoisotopic (exact) mass is 414 g/mol. The van der Waals surface area contributed by atoms with Crippen LogP contribution in [0.25, 0.3) is 0 Å². The van der Waals surface area contributed by atoms with Gasteiger partial charge in [0.1, 0.15) is 18.1 Å². The average molecular weight is 415 g/mol. The normalized spacial score (nSPS) is 14.1. The lowest BCUT2D eigenvalue weighted by Gasteiger charge is -2.21. The molecule has 1 fully saturated rings. The second-order valence-corrected chi connectivity index (χ2v) is 7.40. The van der Waals surface area contributed by atoms with Crippen molar-refractivity contribution in [3.05, 3.63) is 52.4 Å². The summed E-state index contributed by atoms with van der Waals surface area (Å²) < 4.78 is 18.5. The van der Waals surface area contributed by atoms with Crippen molar-refractivity contribution in [1.82, 2.24) is 9.47 Å². The molecule has 1 saturated heterocycles. The molecule has 2 aromatic rings. The lowest BCUT2D eigenvalue weighted by molar-refractivity contribution is -0.133. The number of carbonyl (C=O) groups excluding carboxylic acids is 1. The standard InChI is InChI=1S/C23H30N2O5/c1-18-23(30-17-22(27)25-12-5-3-4-6-13-25)21(26)11-14-24(18)15-16-29-20-9-7-19(28-2)8-10-20/h7-11,14H,3-6,12-13,15-17H2,1-2H3. The van der Waals surface area contributed by atoms with E-state index < -0.39 is 0 Å². The van der Waals surface area contributed by atoms with Crippen LogP contribution in [0.2, 0.25) is 0 Å². The molecule has 0 unspecified atom stereocenters. The molecule has 1 aromatic heterocycles. The minimum atomic E-state index is -0.219. The summed E-state index contributed by atoms with van der Waals surface area (Å²) in [6.45, 7) is 4.23. The molecular formula is C23H30N2O5. The molecule has 0 bridgehead atoms. The lowest BCUT2D eigenvalue weighted by atomic mass is 10.2. The van der Waals surface area contributed by atoms with E-state index in [-0.39, 0.29) is 23.7 Å². The second-order valence-electron chi connectivity index (χ2n) is 7.40. The first-order chi connectivity index (χ1) is 14.6. The summed E-state index contributed by atoms with van der Waals surface area (Å²) in [5, 5.41) is 0. The average Bonchev–Trinajstić information content (AvgIpc) is 3.05. The Morgan fingerprint density at radius 1 is 0.967 bits per heavy atom. The van der Waals surface area contributed by atoms with Crippen molar-refractivity contribution in [3.63, 3.8) is 0 Å². The Hall–Kier alpha value is -2.96. The molecule has 162 valence electrons. The summed E-state index contributed by atoms with van der Waals surface area (Å²) in [5.74, 6) is 1.68. The van der Waals surface area contributed by atoms with Crippen molar-refractivity contribution in [1.29, 1.82) is 0 Å². The minimum absolute atomic E-state index is 0.0612. The fourth-order valence-corrected chi connectivity index (χ4v) is 3.55. The van der Waals surface area contributed by atoms with Gasteiger partial charge in [0, 0.05) is 25.4 Å². The molecule has 2 heterocycles. The Morgan fingerprint density at radius 3 is 2.30 bits per heavy atom. The number of rotatable bonds is 8. The number of aromatic nitrogens is 1. The largest absolute Gasteiger partial charge is 0.497 e. The third kappa shape index (κ3) is 5.78. The zero-order chi connectivity index (χ0) is 21.3. The van der Waals surface area contributed by atoms with Crippen molar-refractivity contribution < 1.29 is 19.0 Å². The molecule has 1 amide bonds. The first-order valence-electron chi connectivity index (χ1n) is 10.5. The smallest absolute Gasteiger partial charge is 0.260 e. The first-order valence-corrected chi connectivity index (χ1v) is 10.5. The van der Waals surface area contributed by atoms with Crippen LogP contribution in [-0.2, 0) is 11.3 Å². The van der Waals surface area contributed by atoms with Crippen LogP contribution in [0.15, 0.2) is 41.3 Å². The molecule has 7 nitrogen and oxygen atoms in total. The Bertz CT molecular complexity index is 883. The van der Waals surface area contributed by atoms with Crippen molar-refractivity contribution in [2.75, 3.05) is 33.4 Å². The highest BCUT2D eigenvalue weighted by Gasteiger charge is 2.17. The van der Waals surface area contributed by atoms with Gasteiger partial charge in [0.2, 0.25) is 5.43 Å². The van der Waals surface area contributed by atoms with E-state index in [2.05, 4.69) is 0 Å². The maximum Gasteiger partial charge on any atom is 0.260 e. The van der Waals surface area contributed by atoms with Crippen molar-refractivity contribution >= 4 is 5.91 Å². The Kier molecular flexibility index (Phi) is 7.76. The van der Waals surface area contributed by atoms with E-state index in [1.54, 1.807) is 13.3 Å². The van der Waals surface area contributed by atoms with Crippen LogP contribution < -0.4 is 19.6 Å². The molecule has 0 radical (unpaired) electrons. The number of ether oxygens (including phenoxy) is 3. The van der Waals surface area contributed by atoms with Gasteiger partial charge in [-0.3, -0.25) is 9.59 Å². The first kappa shape index (κ1) is 21.7. The van der Waals surface area contributed by atoms with Gasteiger partial charge in [-0.25, -0.2) is 0 Å². The summed E-state index contributed by atoms with van der Waals surface area (Å²) in [4.78, 5) is 26.6. The molecule has 3 rings (SSSR count). The zero-order valence-corrected chi connectivity index (χ0v) is 17.8. The molecule has 0 N–H and O–H groups in total. The van der Waals surface area contributed by atoms with Crippen LogP contribution >= 0.6 is 0 Å². The third-order valence-electron chi connectivity index (χ3n) is 5.35. The van der Waals surface area contributed by atoms with E-state index >= 15 is 0 Å². The van der Waals surface area contributed by atoms with Gasteiger partial charge in [-0.15, -0.1) is 0 Å². The number of nitrogens with zero attached hydrogens (tertiary/aromatic N) is 2. The number of methoxy groups -OCH3 is 1. The van der Waals surface area contributed by atoms with Gasteiger partial charge in [0.15, 0.2) is 12.4 Å².